The van der Waals surface area contributed by atoms with Crippen LogP contribution in [-0.2, 0) is 10.2 Å². The molecule has 98 valence electrons. The Morgan fingerprint density at radius 3 is 2.28 bits per heavy atom. The van der Waals surface area contributed by atoms with E-state index in [4.69, 9.17) is 5.73 Å². The number of nitrogens with one attached hydrogen (secondary N) is 1. The summed E-state index contributed by atoms with van der Waals surface area (Å²) in [6, 6.07) is 7.68. The quantitative estimate of drug-likeness (QED) is 0.805. The molecule has 3 heteroatoms. The third kappa shape index (κ3) is 2.66. The molecule has 1 aromatic rings. The van der Waals surface area contributed by atoms with Gasteiger partial charge in [0.15, 0.2) is 0 Å². The summed E-state index contributed by atoms with van der Waals surface area (Å²) >= 11 is 0. The van der Waals surface area contributed by atoms with Gasteiger partial charge in [0.05, 0.1) is 5.41 Å². The Morgan fingerprint density at radius 1 is 1.28 bits per heavy atom. The van der Waals surface area contributed by atoms with E-state index in [1.807, 2.05) is 24.3 Å². The Kier molecular flexibility index (Phi) is 3.09. The van der Waals surface area contributed by atoms with Gasteiger partial charge in [-0.25, -0.2) is 0 Å². The van der Waals surface area contributed by atoms with Gasteiger partial charge in [0.2, 0.25) is 5.91 Å². The molecule has 0 aliphatic heterocycles. The number of carbonyl (C=O) groups is 1. The monoisotopic (exact) mass is 246 g/mol. The molecule has 1 aliphatic carbocycles. The van der Waals surface area contributed by atoms with Crippen molar-refractivity contribution in [1.29, 1.82) is 0 Å². The minimum Gasteiger partial charge on any atom is -0.399 e. The Bertz CT molecular complexity index is 439. The van der Waals surface area contributed by atoms with Gasteiger partial charge in [-0.3, -0.25) is 4.79 Å². The maximum Gasteiger partial charge on any atom is 0.230 e. The lowest BCUT2D eigenvalue weighted by atomic mass is 9.93. The zero-order chi connectivity index (χ0) is 13.4. The van der Waals surface area contributed by atoms with E-state index < -0.39 is 0 Å². The average Bonchev–Trinajstić information content (AvgIpc) is 3.07. The Balaban J connectivity index is 2.07. The van der Waals surface area contributed by atoms with Gasteiger partial charge >= 0.3 is 0 Å². The average molecular weight is 246 g/mol. The minimum absolute atomic E-state index is 0.118. The molecule has 3 N–H and O–H groups in total. The first-order chi connectivity index (χ1) is 8.33. The summed E-state index contributed by atoms with van der Waals surface area (Å²) in [5, 5.41) is 3.07. The molecule has 1 aliphatic rings. The number of nitrogen functional groups attached to an aromatic ring is 1. The highest BCUT2D eigenvalue weighted by Gasteiger charge is 2.51. The smallest absolute Gasteiger partial charge is 0.230 e. The number of hydrogen-bond acceptors (Lipinski definition) is 2. The molecule has 0 aromatic heterocycles. The van der Waals surface area contributed by atoms with E-state index in [-0.39, 0.29) is 16.7 Å². The first-order valence-electron chi connectivity index (χ1n) is 6.48. The number of benzene rings is 1. The van der Waals surface area contributed by atoms with Crippen molar-refractivity contribution >= 4 is 11.6 Å². The van der Waals surface area contributed by atoms with Crippen LogP contribution in [0.5, 0.6) is 0 Å². The lowest BCUT2D eigenvalue weighted by Crippen LogP contribution is -2.39. The minimum atomic E-state index is -0.293. The van der Waals surface area contributed by atoms with Gasteiger partial charge in [-0.05, 0) is 36.0 Å². The van der Waals surface area contributed by atoms with E-state index in [2.05, 4.69) is 26.1 Å². The number of amides is 1. The van der Waals surface area contributed by atoms with E-state index in [0.29, 0.717) is 6.54 Å². The van der Waals surface area contributed by atoms with Crippen LogP contribution in [0.15, 0.2) is 24.3 Å². The van der Waals surface area contributed by atoms with E-state index >= 15 is 0 Å². The van der Waals surface area contributed by atoms with Gasteiger partial charge < -0.3 is 11.1 Å². The van der Waals surface area contributed by atoms with E-state index in [1.165, 1.54) is 0 Å². The number of rotatable bonds is 3. The molecule has 1 fully saturated rings. The van der Waals surface area contributed by atoms with Crippen molar-refractivity contribution in [2.24, 2.45) is 5.41 Å². The van der Waals surface area contributed by atoms with E-state index in [0.717, 1.165) is 24.1 Å². The first kappa shape index (κ1) is 12.9. The molecule has 0 atom stereocenters. The standard InChI is InChI=1S/C15H22N2O/c1-14(2,3)10-17-13(18)15(8-9-15)11-4-6-12(16)7-5-11/h4-7H,8-10,16H2,1-3H3,(H,17,18). The molecule has 1 aromatic carbocycles. The van der Waals surface area contributed by atoms with Gasteiger partial charge in [0.1, 0.15) is 0 Å². The van der Waals surface area contributed by atoms with E-state index in [9.17, 15) is 4.79 Å². The third-order valence-corrected chi connectivity index (χ3v) is 3.43. The largest absolute Gasteiger partial charge is 0.399 e. The number of anilines is 1. The second kappa shape index (κ2) is 4.30. The van der Waals surface area contributed by atoms with E-state index in [1.54, 1.807) is 0 Å². The van der Waals surface area contributed by atoms with Gasteiger partial charge in [0, 0.05) is 12.2 Å². The molecule has 1 amide bonds. The summed E-state index contributed by atoms with van der Waals surface area (Å²) in [4.78, 5) is 12.3. The fourth-order valence-corrected chi connectivity index (χ4v) is 2.09. The van der Waals surface area contributed by atoms with Crippen LogP contribution >= 0.6 is 0 Å². The van der Waals surface area contributed by atoms with Crippen molar-refractivity contribution in [2.75, 3.05) is 12.3 Å². The van der Waals surface area contributed by atoms with Gasteiger partial charge in [-0.15, -0.1) is 0 Å². The van der Waals surface area contributed by atoms with Crippen molar-refractivity contribution in [1.82, 2.24) is 5.32 Å². The Hall–Kier alpha value is -1.51. The van der Waals surface area contributed by atoms with Crippen LogP contribution in [0.3, 0.4) is 0 Å². The second-order valence-corrected chi connectivity index (χ2v) is 6.45. The molecule has 0 unspecified atom stereocenters. The predicted octanol–water partition coefficient (Wildman–Crippen LogP) is 2.46. The van der Waals surface area contributed by atoms with Crippen LogP contribution in [0.4, 0.5) is 5.69 Å². The van der Waals surface area contributed by atoms with Crippen molar-refractivity contribution in [3.05, 3.63) is 29.8 Å². The molecular weight excluding hydrogens is 224 g/mol. The van der Waals surface area contributed by atoms with Gasteiger partial charge in [0.25, 0.3) is 0 Å². The summed E-state index contributed by atoms with van der Waals surface area (Å²) < 4.78 is 0. The molecule has 0 heterocycles. The van der Waals surface area contributed by atoms with Crippen LogP contribution < -0.4 is 11.1 Å². The number of carbonyl (C=O) groups excluding carboxylic acids is 1. The van der Waals surface area contributed by atoms with Crippen LogP contribution in [0, 0.1) is 5.41 Å². The predicted molar refractivity (Wildman–Crippen MR) is 74.2 cm³/mol. The summed E-state index contributed by atoms with van der Waals surface area (Å²) in [5.41, 5.74) is 7.33. The Labute approximate surface area is 109 Å². The summed E-state index contributed by atoms with van der Waals surface area (Å²) in [6.07, 6.45) is 1.87. The molecule has 0 radical (unpaired) electrons. The molecule has 3 nitrogen and oxygen atoms in total. The zero-order valence-electron chi connectivity index (χ0n) is 11.4. The van der Waals surface area contributed by atoms with Crippen LogP contribution in [0.2, 0.25) is 0 Å². The van der Waals surface area contributed by atoms with Gasteiger partial charge in [-0.2, -0.15) is 0 Å². The lowest BCUT2D eigenvalue weighted by molar-refractivity contribution is -0.124. The van der Waals surface area contributed by atoms with Crippen LogP contribution in [0.25, 0.3) is 0 Å². The molecule has 2 rings (SSSR count). The molecule has 0 spiro atoms. The maximum absolute atomic E-state index is 12.3. The highest BCUT2D eigenvalue weighted by molar-refractivity contribution is 5.91. The topological polar surface area (TPSA) is 55.1 Å². The maximum atomic E-state index is 12.3. The first-order valence-corrected chi connectivity index (χ1v) is 6.48. The third-order valence-electron chi connectivity index (χ3n) is 3.43. The highest BCUT2D eigenvalue weighted by atomic mass is 16.2. The number of hydrogen-bond donors (Lipinski definition) is 2. The molecule has 1 saturated carbocycles. The second-order valence-electron chi connectivity index (χ2n) is 6.45. The van der Waals surface area contributed by atoms with Gasteiger partial charge in [-0.1, -0.05) is 32.9 Å². The fraction of sp³-hybridized carbons (Fsp3) is 0.533. The molecule has 18 heavy (non-hydrogen) atoms. The molecule has 0 bridgehead atoms. The van der Waals surface area contributed by atoms with Crippen molar-refractivity contribution in [2.45, 2.75) is 39.0 Å². The summed E-state index contributed by atoms with van der Waals surface area (Å²) in [7, 11) is 0. The summed E-state index contributed by atoms with van der Waals surface area (Å²) in [5.74, 6) is 0.155. The molecular formula is C15H22N2O. The highest BCUT2D eigenvalue weighted by Crippen LogP contribution is 2.48. The molecule has 0 saturated heterocycles. The van der Waals surface area contributed by atoms with Crippen molar-refractivity contribution in [3.63, 3.8) is 0 Å². The number of nitrogens with two attached hydrogens (primary N) is 1. The SMILES string of the molecule is CC(C)(C)CNC(=O)C1(c2ccc(N)cc2)CC1. The summed E-state index contributed by atoms with van der Waals surface area (Å²) in [6.45, 7) is 7.07. The van der Waals surface area contributed by atoms with Crippen molar-refractivity contribution < 1.29 is 4.79 Å². The lowest BCUT2D eigenvalue weighted by Gasteiger charge is -2.22. The van der Waals surface area contributed by atoms with Crippen LogP contribution in [0.1, 0.15) is 39.2 Å². The Morgan fingerprint density at radius 2 is 1.83 bits per heavy atom. The fourth-order valence-electron chi connectivity index (χ4n) is 2.09. The van der Waals surface area contributed by atoms with Crippen molar-refractivity contribution in [3.8, 4) is 0 Å². The zero-order valence-corrected chi connectivity index (χ0v) is 11.4. The normalized spacial score (nSPS) is 17.3. The van der Waals surface area contributed by atoms with Crippen LogP contribution in [-0.4, -0.2) is 12.5 Å².